The Balaban J connectivity index is 3.80. The van der Waals surface area contributed by atoms with E-state index in [2.05, 4.69) is 6.92 Å². The van der Waals surface area contributed by atoms with E-state index in [1.54, 1.807) is 13.0 Å². The maximum atomic E-state index is 11.0. The molecule has 0 aliphatic heterocycles. The number of nitrogens with zero attached hydrogens (tertiary/aromatic N) is 1. The SMILES string of the molecule is CC=CC(=O)OC[N+](C)(C)CCC. The summed E-state index contributed by atoms with van der Waals surface area (Å²) in [5.74, 6) is -0.259. The van der Waals surface area contributed by atoms with E-state index >= 15 is 0 Å². The van der Waals surface area contributed by atoms with E-state index in [0.717, 1.165) is 17.4 Å². The maximum absolute atomic E-state index is 11.0. The second kappa shape index (κ2) is 5.75. The molecule has 0 spiro atoms. The molecule has 76 valence electrons. The van der Waals surface area contributed by atoms with Crippen LogP contribution in [0.4, 0.5) is 0 Å². The highest BCUT2D eigenvalue weighted by atomic mass is 16.5. The first-order valence-corrected chi connectivity index (χ1v) is 4.63. The number of quaternary nitrogens is 1. The van der Waals surface area contributed by atoms with E-state index in [4.69, 9.17) is 4.74 Å². The van der Waals surface area contributed by atoms with Gasteiger partial charge >= 0.3 is 5.97 Å². The fourth-order valence-electron chi connectivity index (χ4n) is 1.09. The number of ether oxygens (including phenoxy) is 1. The zero-order chi connectivity index (χ0) is 10.3. The summed E-state index contributed by atoms with van der Waals surface area (Å²) >= 11 is 0. The Labute approximate surface area is 80.6 Å². The number of carbonyl (C=O) groups is 1. The van der Waals surface area contributed by atoms with E-state index < -0.39 is 0 Å². The topological polar surface area (TPSA) is 26.3 Å². The minimum Gasteiger partial charge on any atom is -0.412 e. The van der Waals surface area contributed by atoms with Gasteiger partial charge in [-0.2, -0.15) is 0 Å². The van der Waals surface area contributed by atoms with Crippen LogP contribution >= 0.6 is 0 Å². The van der Waals surface area contributed by atoms with Crippen LogP contribution in [0.3, 0.4) is 0 Å². The Hall–Kier alpha value is -0.830. The molecule has 0 unspecified atom stereocenters. The monoisotopic (exact) mass is 186 g/mol. The van der Waals surface area contributed by atoms with Crippen LogP contribution in [-0.2, 0) is 9.53 Å². The third kappa shape index (κ3) is 6.34. The van der Waals surface area contributed by atoms with Crippen LogP contribution < -0.4 is 0 Å². The minimum absolute atomic E-state index is 0.259. The van der Waals surface area contributed by atoms with Crippen molar-refractivity contribution in [3.63, 3.8) is 0 Å². The molecule has 13 heavy (non-hydrogen) atoms. The Kier molecular flexibility index (Phi) is 5.39. The fourth-order valence-corrected chi connectivity index (χ4v) is 1.09. The van der Waals surface area contributed by atoms with E-state index in [1.807, 2.05) is 14.1 Å². The number of hydrogen-bond donors (Lipinski definition) is 0. The predicted molar refractivity (Wildman–Crippen MR) is 53.0 cm³/mol. The highest BCUT2D eigenvalue weighted by Gasteiger charge is 2.14. The van der Waals surface area contributed by atoms with Gasteiger partial charge in [-0.15, -0.1) is 0 Å². The van der Waals surface area contributed by atoms with Crippen LogP contribution in [0.2, 0.25) is 0 Å². The largest absolute Gasteiger partial charge is 0.412 e. The smallest absolute Gasteiger partial charge is 0.334 e. The molecule has 0 radical (unpaired) electrons. The highest BCUT2D eigenvalue weighted by molar-refractivity contribution is 5.81. The molecule has 0 N–H and O–H groups in total. The lowest BCUT2D eigenvalue weighted by Gasteiger charge is -2.27. The molecular weight excluding hydrogens is 166 g/mol. The van der Waals surface area contributed by atoms with Crippen molar-refractivity contribution in [1.82, 2.24) is 0 Å². The second-order valence-electron chi connectivity index (χ2n) is 3.75. The van der Waals surface area contributed by atoms with Gasteiger partial charge in [-0.1, -0.05) is 13.0 Å². The maximum Gasteiger partial charge on any atom is 0.334 e. The second-order valence-corrected chi connectivity index (χ2v) is 3.75. The lowest BCUT2D eigenvalue weighted by molar-refractivity contribution is -0.907. The van der Waals surface area contributed by atoms with Crippen LogP contribution in [-0.4, -0.2) is 37.8 Å². The van der Waals surface area contributed by atoms with E-state index in [9.17, 15) is 4.79 Å². The van der Waals surface area contributed by atoms with Crippen LogP contribution in [0.25, 0.3) is 0 Å². The zero-order valence-electron chi connectivity index (χ0n) is 9.04. The summed E-state index contributed by atoms with van der Waals surface area (Å²) in [4.78, 5) is 11.0. The van der Waals surface area contributed by atoms with E-state index in [0.29, 0.717) is 6.73 Å². The van der Waals surface area contributed by atoms with Crippen molar-refractivity contribution in [2.45, 2.75) is 20.3 Å². The molecule has 0 fully saturated rings. The summed E-state index contributed by atoms with van der Waals surface area (Å²) in [5, 5.41) is 0. The van der Waals surface area contributed by atoms with Crippen molar-refractivity contribution in [2.24, 2.45) is 0 Å². The van der Waals surface area contributed by atoms with Gasteiger partial charge < -0.3 is 4.74 Å². The normalized spacial score (nSPS) is 12.0. The third-order valence-corrected chi connectivity index (χ3v) is 1.69. The van der Waals surface area contributed by atoms with Crippen LogP contribution in [0.5, 0.6) is 0 Å². The molecule has 0 heterocycles. The van der Waals surface area contributed by atoms with Gasteiger partial charge in [-0.05, 0) is 13.3 Å². The average molecular weight is 186 g/mol. The Morgan fingerprint density at radius 2 is 2.08 bits per heavy atom. The van der Waals surface area contributed by atoms with Gasteiger partial charge in [0.2, 0.25) is 6.73 Å². The zero-order valence-corrected chi connectivity index (χ0v) is 9.04. The summed E-state index contributed by atoms with van der Waals surface area (Å²) in [6.45, 7) is 5.38. The number of allylic oxidation sites excluding steroid dienone is 1. The molecule has 0 bridgehead atoms. The molecule has 0 aromatic rings. The van der Waals surface area contributed by atoms with Gasteiger partial charge in [0.25, 0.3) is 0 Å². The fraction of sp³-hybridized carbons (Fsp3) is 0.700. The number of rotatable bonds is 5. The molecule has 0 aliphatic rings. The number of hydrogen-bond acceptors (Lipinski definition) is 2. The van der Waals surface area contributed by atoms with Gasteiger partial charge in [0.15, 0.2) is 0 Å². The van der Waals surface area contributed by atoms with Crippen LogP contribution in [0, 0.1) is 0 Å². The molecule has 0 atom stereocenters. The molecule has 0 saturated heterocycles. The van der Waals surface area contributed by atoms with Crippen molar-refractivity contribution in [2.75, 3.05) is 27.4 Å². The summed E-state index contributed by atoms with van der Waals surface area (Å²) in [5.41, 5.74) is 0. The van der Waals surface area contributed by atoms with Crippen molar-refractivity contribution in [3.05, 3.63) is 12.2 Å². The first-order valence-electron chi connectivity index (χ1n) is 4.63. The molecule has 3 nitrogen and oxygen atoms in total. The van der Waals surface area contributed by atoms with E-state index in [-0.39, 0.29) is 5.97 Å². The quantitative estimate of drug-likeness (QED) is 0.282. The summed E-state index contributed by atoms with van der Waals surface area (Å²) in [7, 11) is 4.10. The molecule has 0 rings (SSSR count). The molecule has 0 saturated carbocycles. The standard InChI is InChI=1S/C10H20NO2/c1-5-7-10(12)13-9-11(3,4)8-6-2/h5,7H,6,8-9H2,1-4H3/q+1. The van der Waals surface area contributed by atoms with Gasteiger partial charge in [0.05, 0.1) is 20.6 Å². The molecule has 0 aliphatic carbocycles. The average Bonchev–Trinajstić information content (AvgIpc) is 2.02. The van der Waals surface area contributed by atoms with Gasteiger partial charge in [0.1, 0.15) is 0 Å². The first-order chi connectivity index (χ1) is 6.02. The third-order valence-electron chi connectivity index (χ3n) is 1.69. The van der Waals surface area contributed by atoms with E-state index in [1.165, 1.54) is 6.08 Å². The predicted octanol–water partition coefficient (Wildman–Crippen LogP) is 1.55. The molecular formula is C10H20NO2+. The van der Waals surface area contributed by atoms with Crippen molar-refractivity contribution in [1.29, 1.82) is 0 Å². The molecule has 3 heteroatoms. The van der Waals surface area contributed by atoms with Gasteiger partial charge in [0, 0.05) is 6.08 Å². The number of carbonyl (C=O) groups excluding carboxylic acids is 1. The highest BCUT2D eigenvalue weighted by Crippen LogP contribution is 1.99. The summed E-state index contributed by atoms with van der Waals surface area (Å²) < 4.78 is 5.77. The first kappa shape index (κ1) is 12.2. The minimum atomic E-state index is -0.259. The van der Waals surface area contributed by atoms with Crippen molar-refractivity contribution >= 4 is 5.97 Å². The molecule has 0 amide bonds. The summed E-state index contributed by atoms with van der Waals surface area (Å²) in [6.07, 6.45) is 4.21. The van der Waals surface area contributed by atoms with Gasteiger partial charge in [-0.3, -0.25) is 4.48 Å². The van der Waals surface area contributed by atoms with Crippen molar-refractivity contribution in [3.8, 4) is 0 Å². The Morgan fingerprint density at radius 3 is 2.54 bits per heavy atom. The lowest BCUT2D eigenvalue weighted by Crippen LogP contribution is -2.42. The number of esters is 1. The molecule has 0 aromatic carbocycles. The molecule has 0 aromatic heterocycles. The van der Waals surface area contributed by atoms with Crippen LogP contribution in [0.1, 0.15) is 20.3 Å². The lowest BCUT2D eigenvalue weighted by atomic mass is 10.4. The van der Waals surface area contributed by atoms with Crippen LogP contribution in [0.15, 0.2) is 12.2 Å². The summed E-state index contributed by atoms with van der Waals surface area (Å²) in [6, 6.07) is 0. The Bertz CT molecular complexity index is 185. The van der Waals surface area contributed by atoms with Gasteiger partial charge in [-0.25, -0.2) is 4.79 Å². The van der Waals surface area contributed by atoms with Crippen molar-refractivity contribution < 1.29 is 14.0 Å². The Morgan fingerprint density at radius 1 is 1.46 bits per heavy atom.